The molecule has 2 atom stereocenters. The van der Waals surface area contributed by atoms with Crippen LogP contribution in [0.3, 0.4) is 0 Å². The fraction of sp³-hybridized carbons (Fsp3) is 0.791. The van der Waals surface area contributed by atoms with E-state index in [0.29, 0.717) is 19.3 Å². The van der Waals surface area contributed by atoms with Crippen molar-refractivity contribution < 1.29 is 38.2 Å². The Morgan fingerprint density at radius 3 is 1.69 bits per heavy atom. The Kier molecular flexibility index (Phi) is 33.0. The second kappa shape index (κ2) is 34.6. The number of likely N-dealkylation sites (N-methyl/N-ethyl adjacent to an activating group) is 1. The molecule has 0 rings (SSSR count). The number of carbonyl (C=O) groups is 3. The van der Waals surface area contributed by atoms with Crippen molar-refractivity contribution in [2.24, 2.45) is 0 Å². The number of quaternary nitrogens is 1. The molecule has 0 aromatic carbocycles. The number of carboxylic acids is 1. The van der Waals surface area contributed by atoms with Gasteiger partial charge < -0.3 is 23.8 Å². The van der Waals surface area contributed by atoms with E-state index in [4.69, 9.17) is 14.2 Å². The lowest BCUT2D eigenvalue weighted by atomic mass is 10.1. The molecule has 8 nitrogen and oxygen atoms in total. The number of allylic oxidation sites excluding steroid dienone is 6. The Morgan fingerprint density at radius 1 is 0.608 bits per heavy atom. The van der Waals surface area contributed by atoms with Gasteiger partial charge in [0.05, 0.1) is 34.4 Å². The van der Waals surface area contributed by atoms with E-state index in [9.17, 15) is 19.5 Å². The molecular formula is C43H78NO7+. The van der Waals surface area contributed by atoms with Crippen LogP contribution in [0.2, 0.25) is 0 Å². The average Bonchev–Trinajstić information content (AvgIpc) is 3.08. The van der Waals surface area contributed by atoms with Crippen LogP contribution in [0.5, 0.6) is 0 Å². The molecule has 8 heteroatoms. The standard InChI is InChI=1S/C43H77NO7/c1-6-8-10-12-14-15-16-17-18-19-20-21-22-23-24-25-26-28-30-32-34-42(46)51-39(37-49-36-35-40(43(47)48)44(3,4)5)38-50-41(45)33-31-29-27-13-11-9-7-2/h9,11,20-21,27,29,39-40H,6-8,10,12-19,22-26,28,30-38H2,1-5H3/p+1/b11-9+,21-20+,29-27+. The molecule has 0 radical (unpaired) electrons. The molecule has 0 saturated heterocycles. The van der Waals surface area contributed by atoms with Gasteiger partial charge in [0.2, 0.25) is 0 Å². The number of nitrogens with zero attached hydrogens (tertiary/aromatic N) is 1. The molecule has 0 aliphatic heterocycles. The van der Waals surface area contributed by atoms with Gasteiger partial charge in [-0.3, -0.25) is 9.59 Å². The van der Waals surface area contributed by atoms with Gasteiger partial charge in [0.1, 0.15) is 6.61 Å². The monoisotopic (exact) mass is 721 g/mol. The fourth-order valence-electron chi connectivity index (χ4n) is 5.85. The zero-order valence-corrected chi connectivity index (χ0v) is 33.6. The van der Waals surface area contributed by atoms with Gasteiger partial charge in [-0.15, -0.1) is 0 Å². The number of aliphatic carboxylic acids is 1. The van der Waals surface area contributed by atoms with E-state index < -0.39 is 18.1 Å². The maximum Gasteiger partial charge on any atom is 0.362 e. The van der Waals surface area contributed by atoms with E-state index in [0.717, 1.165) is 32.1 Å². The highest BCUT2D eigenvalue weighted by Gasteiger charge is 2.31. The smallest absolute Gasteiger partial charge is 0.362 e. The number of rotatable bonds is 36. The van der Waals surface area contributed by atoms with Crippen molar-refractivity contribution in [1.29, 1.82) is 0 Å². The van der Waals surface area contributed by atoms with E-state index in [1.165, 1.54) is 96.3 Å². The van der Waals surface area contributed by atoms with Crippen molar-refractivity contribution in [2.45, 2.75) is 180 Å². The summed E-state index contributed by atoms with van der Waals surface area (Å²) in [6.07, 6.45) is 38.0. The number of unbranched alkanes of at least 4 members (excludes halogenated alkanes) is 16. The van der Waals surface area contributed by atoms with Crippen molar-refractivity contribution in [2.75, 3.05) is 41.0 Å². The summed E-state index contributed by atoms with van der Waals surface area (Å²) in [5, 5.41) is 9.57. The summed E-state index contributed by atoms with van der Waals surface area (Å²) in [4.78, 5) is 36.6. The topological polar surface area (TPSA) is 99.1 Å². The summed E-state index contributed by atoms with van der Waals surface area (Å²) < 4.78 is 17.1. The van der Waals surface area contributed by atoms with E-state index >= 15 is 0 Å². The molecule has 0 fully saturated rings. The van der Waals surface area contributed by atoms with E-state index in [-0.39, 0.29) is 42.7 Å². The van der Waals surface area contributed by atoms with Gasteiger partial charge in [-0.2, -0.15) is 0 Å². The molecule has 0 aliphatic rings. The van der Waals surface area contributed by atoms with Gasteiger partial charge in [0.25, 0.3) is 0 Å². The van der Waals surface area contributed by atoms with Gasteiger partial charge in [-0.25, -0.2) is 4.79 Å². The van der Waals surface area contributed by atoms with Gasteiger partial charge in [0.15, 0.2) is 12.1 Å². The van der Waals surface area contributed by atoms with Crippen LogP contribution in [0.25, 0.3) is 0 Å². The molecule has 0 spiro atoms. The van der Waals surface area contributed by atoms with Gasteiger partial charge in [-0.1, -0.05) is 134 Å². The molecule has 0 saturated carbocycles. The third-order valence-electron chi connectivity index (χ3n) is 9.04. The summed E-state index contributed by atoms with van der Waals surface area (Å²) in [5.74, 6) is -1.57. The highest BCUT2D eigenvalue weighted by atomic mass is 16.6. The Hall–Kier alpha value is -2.45. The highest BCUT2D eigenvalue weighted by Crippen LogP contribution is 2.14. The van der Waals surface area contributed by atoms with Crippen LogP contribution in [0.1, 0.15) is 168 Å². The van der Waals surface area contributed by atoms with Crippen LogP contribution in [-0.2, 0) is 28.6 Å². The summed E-state index contributed by atoms with van der Waals surface area (Å²) in [5.41, 5.74) is 0. The van der Waals surface area contributed by atoms with E-state index in [1.54, 1.807) is 0 Å². The fourth-order valence-corrected chi connectivity index (χ4v) is 5.85. The lowest BCUT2D eigenvalue weighted by molar-refractivity contribution is -0.887. The van der Waals surface area contributed by atoms with Crippen molar-refractivity contribution in [1.82, 2.24) is 0 Å². The second-order valence-corrected chi connectivity index (χ2v) is 14.9. The number of esters is 2. The molecule has 51 heavy (non-hydrogen) atoms. The van der Waals surface area contributed by atoms with Gasteiger partial charge in [0, 0.05) is 19.3 Å². The minimum Gasteiger partial charge on any atom is -0.477 e. The Morgan fingerprint density at radius 2 is 1.14 bits per heavy atom. The average molecular weight is 721 g/mol. The number of hydrogen-bond acceptors (Lipinski definition) is 6. The largest absolute Gasteiger partial charge is 0.477 e. The van der Waals surface area contributed by atoms with E-state index in [1.807, 2.05) is 33.3 Å². The first-order valence-corrected chi connectivity index (χ1v) is 20.5. The molecule has 2 unspecified atom stereocenters. The normalized spacial score (nSPS) is 13.4. The Balaban J connectivity index is 4.26. The summed E-state index contributed by atoms with van der Waals surface area (Å²) in [6, 6.07) is -0.620. The third kappa shape index (κ3) is 33.2. The van der Waals surface area contributed by atoms with Crippen molar-refractivity contribution in [3.63, 3.8) is 0 Å². The molecule has 1 N–H and O–H groups in total. The summed E-state index contributed by atoms with van der Waals surface area (Å²) in [7, 11) is 5.50. The third-order valence-corrected chi connectivity index (χ3v) is 9.04. The molecule has 0 bridgehead atoms. The van der Waals surface area contributed by atoms with Gasteiger partial charge in [-0.05, 0) is 51.4 Å². The minimum absolute atomic E-state index is 0.0423. The van der Waals surface area contributed by atoms with Crippen molar-refractivity contribution in [3.8, 4) is 0 Å². The summed E-state index contributed by atoms with van der Waals surface area (Å²) >= 11 is 0. The minimum atomic E-state index is -0.884. The number of carbonyl (C=O) groups excluding carboxylic acids is 2. The maximum absolute atomic E-state index is 12.7. The first-order valence-electron chi connectivity index (χ1n) is 20.5. The molecule has 0 aliphatic carbocycles. The first kappa shape index (κ1) is 48.5. The quantitative estimate of drug-likeness (QED) is 0.0298. The zero-order chi connectivity index (χ0) is 37.8. The van der Waals surface area contributed by atoms with Crippen molar-refractivity contribution >= 4 is 17.9 Å². The number of carboxylic acid groups (broad SMARTS) is 1. The maximum atomic E-state index is 12.7. The molecular weight excluding hydrogens is 642 g/mol. The SMILES string of the molecule is CC/C=C/C/C=C/CCC(=O)OCC(COCCC(C(=O)O)[N+](C)(C)C)OC(=O)CCCCCCCCC/C=C/CCCCCCCCCCC. The summed E-state index contributed by atoms with van der Waals surface area (Å²) in [6.45, 7) is 4.52. The number of hydrogen-bond donors (Lipinski definition) is 1. The van der Waals surface area contributed by atoms with Crippen LogP contribution in [0.4, 0.5) is 0 Å². The lowest BCUT2D eigenvalue weighted by Gasteiger charge is -2.31. The van der Waals surface area contributed by atoms with E-state index in [2.05, 4.69) is 38.2 Å². The molecule has 0 heterocycles. The second-order valence-electron chi connectivity index (χ2n) is 14.9. The molecule has 296 valence electrons. The Labute approximate surface area is 313 Å². The molecule has 0 amide bonds. The molecule has 0 aromatic heterocycles. The molecule has 0 aromatic rings. The first-order chi connectivity index (χ1) is 24.6. The van der Waals surface area contributed by atoms with Gasteiger partial charge >= 0.3 is 17.9 Å². The van der Waals surface area contributed by atoms with Crippen LogP contribution in [0, 0.1) is 0 Å². The Bertz CT molecular complexity index is 937. The predicted octanol–water partition coefficient (Wildman–Crippen LogP) is 10.7. The highest BCUT2D eigenvalue weighted by molar-refractivity contribution is 5.72. The van der Waals surface area contributed by atoms with Crippen molar-refractivity contribution in [3.05, 3.63) is 36.5 Å². The zero-order valence-electron chi connectivity index (χ0n) is 33.6. The number of ether oxygens (including phenoxy) is 3. The van der Waals surface area contributed by atoms with Crippen LogP contribution < -0.4 is 0 Å². The van der Waals surface area contributed by atoms with Crippen LogP contribution in [-0.4, -0.2) is 80.6 Å². The van der Waals surface area contributed by atoms with Crippen LogP contribution in [0.15, 0.2) is 36.5 Å². The lowest BCUT2D eigenvalue weighted by Crippen LogP contribution is -2.50. The predicted molar refractivity (Wildman–Crippen MR) is 211 cm³/mol. The van der Waals surface area contributed by atoms with Crippen LogP contribution >= 0.6 is 0 Å².